The third kappa shape index (κ3) is 4.57. The van der Waals surface area contributed by atoms with Crippen LogP contribution in [0.1, 0.15) is 64.7 Å². The zero-order valence-corrected chi connectivity index (χ0v) is 12.3. The van der Waals surface area contributed by atoms with Gasteiger partial charge >= 0.3 is 0 Å². The van der Waals surface area contributed by atoms with Gasteiger partial charge in [-0.25, -0.2) is 0 Å². The number of hydrogen-bond acceptors (Lipinski definition) is 3. The molecule has 0 aliphatic heterocycles. The lowest BCUT2D eigenvalue weighted by Crippen LogP contribution is -2.28. The number of carbonyl (C=O) groups excluding carboxylic acids is 1. The van der Waals surface area contributed by atoms with Crippen molar-refractivity contribution in [2.24, 2.45) is 11.3 Å². The first-order valence-corrected chi connectivity index (χ1v) is 8.03. The van der Waals surface area contributed by atoms with E-state index in [0.717, 1.165) is 45.2 Å². The van der Waals surface area contributed by atoms with Crippen molar-refractivity contribution in [3.05, 3.63) is 0 Å². The number of nitrogens with one attached hydrogen (secondary N) is 1. The van der Waals surface area contributed by atoms with Gasteiger partial charge in [0.05, 0.1) is 6.10 Å². The molecule has 0 spiro atoms. The molecule has 0 aromatic carbocycles. The summed E-state index contributed by atoms with van der Waals surface area (Å²) in [6.45, 7) is 3.76. The van der Waals surface area contributed by atoms with E-state index in [1.807, 2.05) is 0 Å². The molecule has 0 radical (unpaired) electrons. The number of aliphatic hydroxyl groups is 1. The Labute approximate surface area is 117 Å². The van der Waals surface area contributed by atoms with Gasteiger partial charge in [-0.2, -0.15) is 0 Å². The van der Waals surface area contributed by atoms with E-state index in [2.05, 4.69) is 12.2 Å². The van der Waals surface area contributed by atoms with Crippen molar-refractivity contribution in [1.29, 1.82) is 0 Å². The van der Waals surface area contributed by atoms with Crippen molar-refractivity contribution >= 4 is 5.78 Å². The summed E-state index contributed by atoms with van der Waals surface area (Å²) >= 11 is 0. The molecule has 2 fully saturated rings. The third-order valence-electron chi connectivity index (χ3n) is 5.05. The molecule has 2 rings (SSSR count). The maximum Gasteiger partial charge on any atom is 0.137 e. The van der Waals surface area contributed by atoms with Crippen LogP contribution in [-0.4, -0.2) is 30.1 Å². The predicted octanol–water partition coefficient (Wildman–Crippen LogP) is 2.67. The largest absolute Gasteiger partial charge is 0.393 e. The summed E-state index contributed by atoms with van der Waals surface area (Å²) in [6, 6.07) is 0. The van der Waals surface area contributed by atoms with Crippen LogP contribution in [0.3, 0.4) is 0 Å². The summed E-state index contributed by atoms with van der Waals surface area (Å²) in [6.07, 6.45) is 9.61. The molecule has 0 saturated heterocycles. The fourth-order valence-electron chi connectivity index (χ4n) is 3.08. The Hall–Kier alpha value is -0.410. The summed E-state index contributed by atoms with van der Waals surface area (Å²) in [4.78, 5) is 12.0. The number of rotatable bonds is 8. The highest BCUT2D eigenvalue weighted by molar-refractivity contribution is 5.81. The lowest BCUT2D eigenvalue weighted by molar-refractivity contribution is -0.123. The van der Waals surface area contributed by atoms with E-state index in [1.54, 1.807) is 0 Å². The first-order valence-electron chi connectivity index (χ1n) is 8.03. The smallest absolute Gasteiger partial charge is 0.137 e. The van der Waals surface area contributed by atoms with Crippen LogP contribution in [0.2, 0.25) is 0 Å². The first kappa shape index (κ1) is 15.0. The number of aliphatic hydroxyl groups excluding tert-OH is 1. The van der Waals surface area contributed by atoms with Gasteiger partial charge in [-0.3, -0.25) is 4.79 Å². The van der Waals surface area contributed by atoms with E-state index in [9.17, 15) is 9.90 Å². The van der Waals surface area contributed by atoms with E-state index in [1.165, 1.54) is 19.3 Å². The summed E-state index contributed by atoms with van der Waals surface area (Å²) in [7, 11) is 0. The number of Topliss-reactive ketones (excluding diaryl/α,β-unsaturated/α-hetero) is 1. The highest BCUT2D eigenvalue weighted by atomic mass is 16.3. The van der Waals surface area contributed by atoms with E-state index < -0.39 is 0 Å². The van der Waals surface area contributed by atoms with Gasteiger partial charge in [0.25, 0.3) is 0 Å². The van der Waals surface area contributed by atoms with Gasteiger partial charge in [0.2, 0.25) is 0 Å². The molecular formula is C16H29NO2. The van der Waals surface area contributed by atoms with Crippen LogP contribution in [0.5, 0.6) is 0 Å². The van der Waals surface area contributed by atoms with Crippen LogP contribution in [0.25, 0.3) is 0 Å². The lowest BCUT2D eigenvalue weighted by atomic mass is 9.85. The molecule has 1 unspecified atom stereocenters. The second-order valence-corrected chi connectivity index (χ2v) is 6.76. The molecule has 3 heteroatoms. The van der Waals surface area contributed by atoms with Crippen LogP contribution in [0, 0.1) is 11.3 Å². The van der Waals surface area contributed by atoms with Crippen molar-refractivity contribution in [2.45, 2.75) is 70.8 Å². The number of ketones is 1. The molecule has 2 N–H and O–H groups in total. The van der Waals surface area contributed by atoms with Gasteiger partial charge < -0.3 is 10.4 Å². The minimum absolute atomic E-state index is 0.172. The molecule has 0 amide bonds. The van der Waals surface area contributed by atoms with E-state index in [4.69, 9.17) is 0 Å². The molecule has 2 aliphatic rings. The third-order valence-corrected chi connectivity index (χ3v) is 5.05. The molecule has 0 aromatic heterocycles. The highest BCUT2D eigenvalue weighted by Crippen LogP contribution is 2.48. The van der Waals surface area contributed by atoms with Gasteiger partial charge in [0, 0.05) is 18.9 Å². The molecule has 3 nitrogen and oxygen atoms in total. The molecule has 1 atom stereocenters. The molecule has 0 bridgehead atoms. The highest BCUT2D eigenvalue weighted by Gasteiger charge is 2.43. The molecule has 2 saturated carbocycles. The van der Waals surface area contributed by atoms with Crippen molar-refractivity contribution in [3.8, 4) is 0 Å². The fraction of sp³-hybridized carbons (Fsp3) is 0.938. The van der Waals surface area contributed by atoms with Gasteiger partial charge in [0.1, 0.15) is 5.78 Å². The van der Waals surface area contributed by atoms with Gasteiger partial charge in [-0.15, -0.1) is 0 Å². The van der Waals surface area contributed by atoms with E-state index in [-0.39, 0.29) is 11.5 Å². The number of hydrogen-bond donors (Lipinski definition) is 2. The Kier molecular flexibility index (Phi) is 5.40. The molecular weight excluding hydrogens is 238 g/mol. The molecule has 110 valence electrons. The Morgan fingerprint density at radius 1 is 1.26 bits per heavy atom. The Bertz CT molecular complexity index is 293. The summed E-state index contributed by atoms with van der Waals surface area (Å²) in [5.74, 6) is 0.786. The van der Waals surface area contributed by atoms with Crippen LogP contribution < -0.4 is 5.32 Å². The second-order valence-electron chi connectivity index (χ2n) is 6.76. The van der Waals surface area contributed by atoms with Crippen LogP contribution >= 0.6 is 0 Å². The second kappa shape index (κ2) is 6.85. The quantitative estimate of drug-likeness (QED) is 0.665. The molecule has 2 aliphatic carbocycles. The fourth-order valence-corrected chi connectivity index (χ4v) is 3.08. The average Bonchev–Trinajstić information content (AvgIpc) is 3.18. The van der Waals surface area contributed by atoms with Crippen molar-refractivity contribution in [1.82, 2.24) is 5.32 Å². The minimum atomic E-state index is -0.172. The van der Waals surface area contributed by atoms with Crippen molar-refractivity contribution in [2.75, 3.05) is 13.1 Å². The Balaban J connectivity index is 1.50. The van der Waals surface area contributed by atoms with Crippen molar-refractivity contribution < 1.29 is 9.90 Å². The maximum atomic E-state index is 12.0. The number of carbonyl (C=O) groups is 1. The van der Waals surface area contributed by atoms with E-state index in [0.29, 0.717) is 18.1 Å². The zero-order valence-electron chi connectivity index (χ0n) is 12.3. The monoisotopic (exact) mass is 267 g/mol. The van der Waals surface area contributed by atoms with E-state index >= 15 is 0 Å². The van der Waals surface area contributed by atoms with Gasteiger partial charge in [-0.05, 0) is 44.1 Å². The lowest BCUT2D eigenvalue weighted by Gasteiger charge is -2.20. The Morgan fingerprint density at radius 2 is 1.95 bits per heavy atom. The van der Waals surface area contributed by atoms with Crippen LogP contribution in [0.4, 0.5) is 0 Å². The summed E-state index contributed by atoms with van der Waals surface area (Å²) in [5.41, 5.74) is 0.194. The van der Waals surface area contributed by atoms with Gasteiger partial charge in [-0.1, -0.05) is 26.2 Å². The first-order chi connectivity index (χ1) is 9.12. The zero-order chi connectivity index (χ0) is 13.7. The average molecular weight is 267 g/mol. The SMILES string of the molecule is CC1(C(O)CCNCCC(=O)C2CCCCC2)CC1. The summed E-state index contributed by atoms with van der Waals surface area (Å²) in [5, 5.41) is 13.3. The minimum Gasteiger partial charge on any atom is -0.393 e. The van der Waals surface area contributed by atoms with Crippen LogP contribution in [-0.2, 0) is 4.79 Å². The van der Waals surface area contributed by atoms with Crippen LogP contribution in [0.15, 0.2) is 0 Å². The predicted molar refractivity (Wildman–Crippen MR) is 77.0 cm³/mol. The standard InChI is InChI=1S/C16H29NO2/c1-16(9-10-16)15(19)8-12-17-11-7-14(18)13-5-3-2-4-6-13/h13,15,17,19H,2-12H2,1H3. The topological polar surface area (TPSA) is 49.3 Å². The normalized spacial score (nSPS) is 24.1. The Morgan fingerprint density at radius 3 is 2.58 bits per heavy atom. The molecule has 19 heavy (non-hydrogen) atoms. The summed E-state index contributed by atoms with van der Waals surface area (Å²) < 4.78 is 0. The molecule has 0 aromatic rings. The molecule has 0 heterocycles. The van der Waals surface area contributed by atoms with Crippen molar-refractivity contribution in [3.63, 3.8) is 0 Å². The van der Waals surface area contributed by atoms with Gasteiger partial charge in [0.15, 0.2) is 0 Å². The maximum absolute atomic E-state index is 12.0.